The summed E-state index contributed by atoms with van der Waals surface area (Å²) in [4.78, 5) is 0. The second-order valence-corrected chi connectivity index (χ2v) is 5.99. The van der Waals surface area contributed by atoms with Gasteiger partial charge in [-0.3, -0.25) is 4.68 Å². The first-order valence-corrected chi connectivity index (χ1v) is 6.30. The summed E-state index contributed by atoms with van der Waals surface area (Å²) in [6.07, 6.45) is 3.22. The molecule has 6 heteroatoms. The number of sulfone groups is 1. The van der Waals surface area contributed by atoms with E-state index in [0.717, 1.165) is 12.8 Å². The molecule has 1 aromatic heterocycles. The fourth-order valence-electron chi connectivity index (χ4n) is 1.75. The van der Waals surface area contributed by atoms with E-state index in [4.69, 9.17) is 5.73 Å². The highest BCUT2D eigenvalue weighted by molar-refractivity contribution is 7.92. The maximum Gasteiger partial charge on any atom is 0.154 e. The highest BCUT2D eigenvalue weighted by Crippen LogP contribution is 2.21. The van der Waals surface area contributed by atoms with Gasteiger partial charge in [-0.2, -0.15) is 5.10 Å². The van der Waals surface area contributed by atoms with Gasteiger partial charge in [-0.15, -0.1) is 0 Å². The van der Waals surface area contributed by atoms with E-state index in [1.54, 1.807) is 16.9 Å². The Kier molecular flexibility index (Phi) is 2.22. The second kappa shape index (κ2) is 3.27. The van der Waals surface area contributed by atoms with Gasteiger partial charge in [0.05, 0.1) is 17.5 Å². The molecule has 1 aromatic rings. The van der Waals surface area contributed by atoms with E-state index in [0.29, 0.717) is 18.1 Å². The van der Waals surface area contributed by atoms with Crippen molar-refractivity contribution >= 4 is 15.7 Å². The largest absolute Gasteiger partial charge is 0.382 e. The minimum absolute atomic E-state index is 0.276. The lowest BCUT2D eigenvalue weighted by molar-refractivity contribution is 0.543. The number of hydrogen-bond donors (Lipinski definition) is 1. The smallest absolute Gasteiger partial charge is 0.154 e. The van der Waals surface area contributed by atoms with E-state index in [2.05, 4.69) is 5.10 Å². The molecule has 0 amide bonds. The molecule has 1 unspecified atom stereocenters. The van der Waals surface area contributed by atoms with Crippen LogP contribution in [0.25, 0.3) is 0 Å². The molecule has 78 valence electrons. The maximum absolute atomic E-state index is 11.5. The molecule has 1 aliphatic heterocycles. The molecule has 2 rings (SSSR count). The average Bonchev–Trinajstić information content (AvgIpc) is 2.61. The van der Waals surface area contributed by atoms with E-state index < -0.39 is 9.84 Å². The van der Waals surface area contributed by atoms with Crippen molar-refractivity contribution in [3.63, 3.8) is 0 Å². The highest BCUT2D eigenvalue weighted by atomic mass is 32.2. The van der Waals surface area contributed by atoms with E-state index >= 15 is 0 Å². The SMILES string of the molecule is Nc1ccn(CC2CCCS2(=O)=O)n1. The minimum atomic E-state index is -2.88. The summed E-state index contributed by atoms with van der Waals surface area (Å²) >= 11 is 0. The first kappa shape index (κ1) is 9.51. The van der Waals surface area contributed by atoms with Crippen LogP contribution < -0.4 is 5.73 Å². The van der Waals surface area contributed by atoms with Crippen molar-refractivity contribution in [1.29, 1.82) is 0 Å². The van der Waals surface area contributed by atoms with Crippen LogP contribution in [0, 0.1) is 0 Å². The highest BCUT2D eigenvalue weighted by Gasteiger charge is 2.31. The van der Waals surface area contributed by atoms with Crippen LogP contribution in [-0.4, -0.2) is 29.2 Å². The molecule has 5 nitrogen and oxygen atoms in total. The molecule has 2 heterocycles. The van der Waals surface area contributed by atoms with Crippen molar-refractivity contribution in [2.24, 2.45) is 0 Å². The van der Waals surface area contributed by atoms with Gasteiger partial charge in [0.1, 0.15) is 5.82 Å². The maximum atomic E-state index is 11.5. The normalized spacial score (nSPS) is 25.3. The van der Waals surface area contributed by atoms with Gasteiger partial charge in [-0.25, -0.2) is 8.42 Å². The van der Waals surface area contributed by atoms with Crippen LogP contribution in [0.4, 0.5) is 5.82 Å². The second-order valence-electron chi connectivity index (χ2n) is 3.59. The van der Waals surface area contributed by atoms with Crippen molar-refractivity contribution in [2.45, 2.75) is 24.6 Å². The predicted octanol–water partition coefficient (Wildman–Crippen LogP) is 0.0425. The number of anilines is 1. The molecule has 14 heavy (non-hydrogen) atoms. The standard InChI is InChI=1S/C8H13N3O2S/c9-8-3-4-11(10-8)6-7-2-1-5-14(7,12)13/h3-4,7H,1-2,5-6H2,(H2,9,10). The summed E-state index contributed by atoms with van der Waals surface area (Å²) in [7, 11) is -2.88. The van der Waals surface area contributed by atoms with Crippen molar-refractivity contribution in [1.82, 2.24) is 9.78 Å². The van der Waals surface area contributed by atoms with Crippen molar-refractivity contribution in [2.75, 3.05) is 11.5 Å². The molecule has 0 aliphatic carbocycles. The Bertz CT molecular complexity index is 424. The molecule has 1 saturated heterocycles. The zero-order valence-corrected chi connectivity index (χ0v) is 8.57. The number of aromatic nitrogens is 2. The lowest BCUT2D eigenvalue weighted by atomic mass is 10.2. The third kappa shape index (κ3) is 1.75. The Morgan fingerprint density at radius 3 is 2.93 bits per heavy atom. The van der Waals surface area contributed by atoms with Gasteiger partial charge in [-0.1, -0.05) is 0 Å². The quantitative estimate of drug-likeness (QED) is 0.755. The predicted molar refractivity (Wildman–Crippen MR) is 53.4 cm³/mol. The Balaban J connectivity index is 2.12. The van der Waals surface area contributed by atoms with Crippen LogP contribution in [0.15, 0.2) is 12.3 Å². The van der Waals surface area contributed by atoms with Crippen LogP contribution in [0.1, 0.15) is 12.8 Å². The van der Waals surface area contributed by atoms with Gasteiger partial charge in [0, 0.05) is 6.20 Å². The summed E-state index contributed by atoms with van der Waals surface area (Å²) in [6, 6.07) is 1.67. The molecule has 1 atom stereocenters. The van der Waals surface area contributed by atoms with Gasteiger partial charge in [0.15, 0.2) is 9.84 Å². The summed E-state index contributed by atoms with van der Waals surface area (Å²) in [6.45, 7) is 0.430. The molecule has 0 saturated carbocycles. The summed E-state index contributed by atoms with van der Waals surface area (Å²) in [5.41, 5.74) is 5.44. The summed E-state index contributed by atoms with van der Waals surface area (Å²) in [5, 5.41) is 3.69. The zero-order valence-electron chi connectivity index (χ0n) is 7.76. The van der Waals surface area contributed by atoms with Crippen LogP contribution in [0.2, 0.25) is 0 Å². The van der Waals surface area contributed by atoms with Crippen LogP contribution in [0.3, 0.4) is 0 Å². The lowest BCUT2D eigenvalue weighted by Gasteiger charge is -2.08. The summed E-state index contributed by atoms with van der Waals surface area (Å²) in [5.74, 6) is 0.745. The van der Waals surface area contributed by atoms with E-state index in [-0.39, 0.29) is 5.25 Å². The minimum Gasteiger partial charge on any atom is -0.382 e. The molecule has 0 bridgehead atoms. The average molecular weight is 215 g/mol. The first-order valence-electron chi connectivity index (χ1n) is 4.58. The lowest BCUT2D eigenvalue weighted by Crippen LogP contribution is -2.22. The van der Waals surface area contributed by atoms with Crippen molar-refractivity contribution in [3.05, 3.63) is 12.3 Å². The number of rotatable bonds is 2. The van der Waals surface area contributed by atoms with Crippen molar-refractivity contribution in [3.8, 4) is 0 Å². The molecule has 1 aliphatic rings. The van der Waals surface area contributed by atoms with Gasteiger partial charge >= 0.3 is 0 Å². The van der Waals surface area contributed by atoms with Crippen molar-refractivity contribution < 1.29 is 8.42 Å². The number of nitrogens with zero attached hydrogens (tertiary/aromatic N) is 2. The molecule has 0 spiro atoms. The van der Waals surface area contributed by atoms with Crippen LogP contribution >= 0.6 is 0 Å². The topological polar surface area (TPSA) is 78.0 Å². The monoisotopic (exact) mass is 215 g/mol. The Labute approximate surface area is 82.8 Å². The van der Waals surface area contributed by atoms with Crippen LogP contribution in [0.5, 0.6) is 0 Å². The molecule has 0 radical (unpaired) electrons. The molecule has 2 N–H and O–H groups in total. The third-order valence-corrected chi connectivity index (χ3v) is 4.77. The molecule has 0 aromatic carbocycles. The molecule has 1 fully saturated rings. The Hall–Kier alpha value is -1.04. The number of nitrogen functional groups attached to an aromatic ring is 1. The Morgan fingerprint density at radius 2 is 2.43 bits per heavy atom. The molecular formula is C8H13N3O2S. The van der Waals surface area contributed by atoms with Crippen LogP contribution in [-0.2, 0) is 16.4 Å². The van der Waals surface area contributed by atoms with Gasteiger partial charge < -0.3 is 5.73 Å². The Morgan fingerprint density at radius 1 is 1.64 bits per heavy atom. The van der Waals surface area contributed by atoms with Gasteiger partial charge in [0.25, 0.3) is 0 Å². The molecular weight excluding hydrogens is 202 g/mol. The van der Waals surface area contributed by atoms with E-state index in [9.17, 15) is 8.42 Å². The van der Waals surface area contributed by atoms with E-state index in [1.165, 1.54) is 0 Å². The van der Waals surface area contributed by atoms with Gasteiger partial charge in [0.2, 0.25) is 0 Å². The fraction of sp³-hybridized carbons (Fsp3) is 0.625. The number of hydrogen-bond acceptors (Lipinski definition) is 4. The van der Waals surface area contributed by atoms with Gasteiger partial charge in [-0.05, 0) is 18.9 Å². The third-order valence-electron chi connectivity index (χ3n) is 2.51. The number of nitrogens with two attached hydrogens (primary N) is 1. The fourth-order valence-corrected chi connectivity index (χ4v) is 3.56. The first-order chi connectivity index (χ1) is 6.58. The summed E-state index contributed by atoms with van der Waals surface area (Å²) < 4.78 is 24.6. The zero-order chi connectivity index (χ0) is 10.2. The van der Waals surface area contributed by atoms with E-state index in [1.807, 2.05) is 0 Å².